The van der Waals surface area contributed by atoms with Gasteiger partial charge in [0.1, 0.15) is 5.76 Å². The van der Waals surface area contributed by atoms with E-state index in [-0.39, 0.29) is 24.0 Å². The Morgan fingerprint density at radius 1 is 1.31 bits per heavy atom. The first kappa shape index (κ1) is 19.9. The van der Waals surface area contributed by atoms with Crippen molar-refractivity contribution in [3.63, 3.8) is 0 Å². The maximum atomic E-state index is 6.09. The van der Waals surface area contributed by atoms with Gasteiger partial charge >= 0.3 is 0 Å². The van der Waals surface area contributed by atoms with Gasteiger partial charge < -0.3 is 19.9 Å². The van der Waals surface area contributed by atoms with Gasteiger partial charge in [-0.1, -0.05) is 18.0 Å². The van der Waals surface area contributed by atoms with E-state index in [1.165, 1.54) is 32.1 Å². The maximum Gasteiger partial charge on any atom is 0.191 e. The van der Waals surface area contributed by atoms with Crippen LogP contribution in [0.15, 0.2) is 9.52 Å². The average molecular weight is 474 g/mol. The molecule has 1 aliphatic heterocycles. The summed E-state index contributed by atoms with van der Waals surface area (Å²) in [6.07, 6.45) is 6.88. The van der Waals surface area contributed by atoms with Crippen LogP contribution in [0.4, 0.5) is 0 Å². The van der Waals surface area contributed by atoms with Crippen LogP contribution in [0.3, 0.4) is 0 Å². The van der Waals surface area contributed by atoms with Gasteiger partial charge in [0, 0.05) is 36.1 Å². The highest BCUT2D eigenvalue weighted by molar-refractivity contribution is 14.0. The van der Waals surface area contributed by atoms with E-state index in [2.05, 4.69) is 22.7 Å². The number of guanidine groups is 1. The van der Waals surface area contributed by atoms with E-state index in [0.717, 1.165) is 36.1 Å². The Hall–Kier alpha value is -0.830. The van der Waals surface area contributed by atoms with Crippen LogP contribution in [0, 0.1) is 25.2 Å². The molecule has 3 aliphatic rings. The highest BCUT2D eigenvalue weighted by atomic mass is 127. The van der Waals surface area contributed by atoms with Crippen molar-refractivity contribution >= 4 is 29.9 Å². The molecule has 3 atom stereocenters. The Morgan fingerprint density at radius 3 is 2.73 bits per heavy atom. The van der Waals surface area contributed by atoms with E-state index >= 15 is 0 Å². The molecule has 146 valence electrons. The summed E-state index contributed by atoms with van der Waals surface area (Å²) in [5, 5.41) is 11.2. The number of aromatic nitrogens is 1. The predicted molar refractivity (Wildman–Crippen MR) is 112 cm³/mol. The molecule has 26 heavy (non-hydrogen) atoms. The second-order valence-corrected chi connectivity index (χ2v) is 7.80. The smallest absolute Gasteiger partial charge is 0.191 e. The summed E-state index contributed by atoms with van der Waals surface area (Å²) in [6, 6.07) is 0.491. The SMILES string of the molecule is CCNC(=NCc1c(C)noc1C)NC1C2CCOC2C12CCCC2.I. The first-order valence-electron chi connectivity index (χ1n) is 9.74. The largest absolute Gasteiger partial charge is 0.377 e. The molecule has 2 N–H and O–H groups in total. The fraction of sp³-hybridized carbons (Fsp3) is 0.789. The van der Waals surface area contributed by atoms with Crippen LogP contribution in [0.1, 0.15) is 56.0 Å². The van der Waals surface area contributed by atoms with Crippen LogP contribution in [-0.4, -0.2) is 36.4 Å². The number of ether oxygens (including phenoxy) is 1. The second-order valence-electron chi connectivity index (χ2n) is 7.80. The van der Waals surface area contributed by atoms with Gasteiger partial charge in [-0.15, -0.1) is 24.0 Å². The van der Waals surface area contributed by atoms with Crippen molar-refractivity contribution in [3.05, 3.63) is 17.0 Å². The lowest BCUT2D eigenvalue weighted by Crippen LogP contribution is -2.69. The van der Waals surface area contributed by atoms with Crippen molar-refractivity contribution in [2.24, 2.45) is 16.3 Å². The predicted octanol–water partition coefficient (Wildman–Crippen LogP) is 3.31. The molecule has 4 rings (SSSR count). The third kappa shape index (κ3) is 3.25. The molecule has 0 bridgehead atoms. The van der Waals surface area contributed by atoms with Crippen molar-refractivity contribution in [2.75, 3.05) is 13.2 Å². The molecule has 2 aliphatic carbocycles. The number of aliphatic imine (C=N–C) groups is 1. The van der Waals surface area contributed by atoms with Gasteiger partial charge in [-0.3, -0.25) is 0 Å². The summed E-state index contributed by atoms with van der Waals surface area (Å²) in [5.41, 5.74) is 2.35. The lowest BCUT2D eigenvalue weighted by atomic mass is 9.54. The number of hydrogen-bond donors (Lipinski definition) is 2. The molecule has 6 nitrogen and oxygen atoms in total. The molecule has 3 unspecified atom stereocenters. The molecule has 1 aromatic rings. The number of aryl methyl sites for hydroxylation is 2. The highest BCUT2D eigenvalue weighted by Gasteiger charge is 2.65. The van der Waals surface area contributed by atoms with E-state index in [1.807, 2.05) is 13.8 Å². The summed E-state index contributed by atoms with van der Waals surface area (Å²) >= 11 is 0. The molecule has 1 saturated heterocycles. The third-order valence-corrected chi connectivity index (χ3v) is 6.50. The van der Waals surface area contributed by atoms with Crippen molar-refractivity contribution in [1.82, 2.24) is 15.8 Å². The van der Waals surface area contributed by atoms with Crippen molar-refractivity contribution < 1.29 is 9.26 Å². The summed E-state index contributed by atoms with van der Waals surface area (Å²) in [5.74, 6) is 2.41. The van der Waals surface area contributed by atoms with Crippen LogP contribution in [0.25, 0.3) is 0 Å². The molecule has 0 radical (unpaired) electrons. The Bertz CT molecular complexity index is 634. The molecule has 1 aromatic heterocycles. The fourth-order valence-electron chi connectivity index (χ4n) is 5.26. The first-order chi connectivity index (χ1) is 12.2. The normalized spacial score (nSPS) is 29.2. The molecule has 2 heterocycles. The Balaban J connectivity index is 0.00000196. The maximum absolute atomic E-state index is 6.09. The van der Waals surface area contributed by atoms with Gasteiger partial charge in [0.25, 0.3) is 0 Å². The van der Waals surface area contributed by atoms with Gasteiger partial charge in [-0.25, -0.2) is 4.99 Å². The van der Waals surface area contributed by atoms with Gasteiger partial charge in [0.15, 0.2) is 5.96 Å². The Labute approximate surface area is 172 Å². The molecule has 0 amide bonds. The topological polar surface area (TPSA) is 71.7 Å². The fourth-order valence-corrected chi connectivity index (χ4v) is 5.26. The molecule has 2 saturated carbocycles. The molecule has 1 spiro atoms. The van der Waals surface area contributed by atoms with Gasteiger partial charge in [-0.2, -0.15) is 0 Å². The zero-order valence-corrected chi connectivity index (χ0v) is 18.3. The van der Waals surface area contributed by atoms with E-state index in [9.17, 15) is 0 Å². The van der Waals surface area contributed by atoms with Gasteiger partial charge in [-0.05, 0) is 40.0 Å². The van der Waals surface area contributed by atoms with Crippen molar-refractivity contribution in [3.8, 4) is 0 Å². The number of rotatable bonds is 4. The van der Waals surface area contributed by atoms with E-state index < -0.39 is 0 Å². The van der Waals surface area contributed by atoms with Gasteiger partial charge in [0.2, 0.25) is 0 Å². The Morgan fingerprint density at radius 2 is 2.08 bits per heavy atom. The standard InChI is InChI=1S/C19H30N4O2.HI/c1-4-20-18(21-11-15-12(2)23-25-13(15)3)22-16-14-7-10-24-17(14)19(16)8-5-6-9-19;/h14,16-17H,4-11H2,1-3H3,(H2,20,21,22);1H. The van der Waals surface area contributed by atoms with Gasteiger partial charge in [0.05, 0.1) is 18.3 Å². The number of halogens is 1. The quantitative estimate of drug-likeness (QED) is 0.398. The third-order valence-electron chi connectivity index (χ3n) is 6.50. The minimum absolute atomic E-state index is 0. The number of nitrogens with zero attached hydrogens (tertiary/aromatic N) is 2. The monoisotopic (exact) mass is 474 g/mol. The number of fused-ring (bicyclic) bond motifs is 2. The summed E-state index contributed by atoms with van der Waals surface area (Å²) in [6.45, 7) is 8.41. The summed E-state index contributed by atoms with van der Waals surface area (Å²) in [7, 11) is 0. The Kier molecular flexibility index (Phi) is 6.16. The van der Waals surface area contributed by atoms with Crippen LogP contribution in [-0.2, 0) is 11.3 Å². The molecule has 0 aromatic carbocycles. The lowest BCUT2D eigenvalue weighted by Gasteiger charge is -2.57. The summed E-state index contributed by atoms with van der Waals surface area (Å²) < 4.78 is 11.3. The van der Waals surface area contributed by atoms with E-state index in [0.29, 0.717) is 30.0 Å². The number of nitrogens with one attached hydrogen (secondary N) is 2. The van der Waals surface area contributed by atoms with Crippen molar-refractivity contribution in [1.29, 1.82) is 0 Å². The molecule has 3 fully saturated rings. The molecular formula is C19H31IN4O2. The minimum Gasteiger partial charge on any atom is -0.377 e. The zero-order chi connectivity index (χ0) is 17.4. The average Bonchev–Trinajstić information content (AvgIpc) is 3.31. The highest BCUT2D eigenvalue weighted by Crippen LogP contribution is 2.60. The molecular weight excluding hydrogens is 443 g/mol. The summed E-state index contributed by atoms with van der Waals surface area (Å²) in [4.78, 5) is 4.82. The van der Waals surface area contributed by atoms with Crippen LogP contribution in [0.5, 0.6) is 0 Å². The van der Waals surface area contributed by atoms with Crippen LogP contribution in [0.2, 0.25) is 0 Å². The zero-order valence-electron chi connectivity index (χ0n) is 16.0. The van der Waals surface area contributed by atoms with E-state index in [4.69, 9.17) is 14.3 Å². The van der Waals surface area contributed by atoms with Crippen molar-refractivity contribution in [2.45, 2.75) is 71.6 Å². The minimum atomic E-state index is 0. The first-order valence-corrected chi connectivity index (χ1v) is 9.74. The number of hydrogen-bond acceptors (Lipinski definition) is 4. The van der Waals surface area contributed by atoms with Crippen LogP contribution < -0.4 is 10.6 Å². The molecule has 7 heteroatoms. The lowest BCUT2D eigenvalue weighted by molar-refractivity contribution is -0.125. The van der Waals surface area contributed by atoms with E-state index in [1.54, 1.807) is 0 Å². The van der Waals surface area contributed by atoms with Crippen LogP contribution >= 0.6 is 24.0 Å². The second kappa shape index (κ2) is 8.04.